The summed E-state index contributed by atoms with van der Waals surface area (Å²) in [6.45, 7) is 2.26. The van der Waals surface area contributed by atoms with Crippen molar-refractivity contribution < 1.29 is 17.5 Å². The summed E-state index contributed by atoms with van der Waals surface area (Å²) < 4.78 is 28.8. The molecule has 31 heavy (non-hydrogen) atoms. The van der Waals surface area contributed by atoms with E-state index in [0.29, 0.717) is 23.7 Å². The molecule has 10 heteroatoms. The van der Waals surface area contributed by atoms with Gasteiger partial charge in [0.15, 0.2) is 0 Å². The van der Waals surface area contributed by atoms with Crippen molar-refractivity contribution in [3.8, 4) is 0 Å². The summed E-state index contributed by atoms with van der Waals surface area (Å²) in [5, 5.41) is 5.40. The van der Waals surface area contributed by atoms with E-state index in [0.717, 1.165) is 16.5 Å². The molecule has 0 bridgehead atoms. The zero-order chi connectivity index (χ0) is 22.6. The lowest BCUT2D eigenvalue weighted by Crippen LogP contribution is -2.49. The molecule has 1 atom stereocenters. The van der Waals surface area contributed by atoms with Gasteiger partial charge in [-0.1, -0.05) is 36.7 Å². The molecule has 0 saturated carbocycles. The Bertz CT molecular complexity index is 1140. The van der Waals surface area contributed by atoms with Gasteiger partial charge in [0, 0.05) is 36.1 Å². The number of nitrogens with zero attached hydrogens (tertiary/aromatic N) is 2. The average Bonchev–Trinajstić information content (AvgIpc) is 3.18. The standard InChI is InChI=1S/C21H23Cl2N3O4S/c1-3-21(20(27)24-13-12-22,15-7-9-16(23)10-8-15)26-14-11-17-18(5-4-6-19(17)26)25(2)30-31(28)29/h4-11,14,31H,3,12-13H2,1-2H3,(H,24,27). The molecule has 3 aromatic rings. The fraction of sp³-hybridized carbons (Fsp3) is 0.286. The predicted molar refractivity (Wildman–Crippen MR) is 124 cm³/mol. The number of amides is 1. The first-order valence-electron chi connectivity index (χ1n) is 9.62. The second-order valence-corrected chi connectivity index (χ2v) is 8.29. The molecule has 1 N–H and O–H groups in total. The highest BCUT2D eigenvalue weighted by molar-refractivity contribution is 7.67. The Kier molecular flexibility index (Phi) is 7.48. The number of nitrogens with one attached hydrogen (secondary N) is 1. The van der Waals surface area contributed by atoms with Crippen molar-refractivity contribution in [2.45, 2.75) is 18.9 Å². The van der Waals surface area contributed by atoms with Crippen LogP contribution in [0.25, 0.3) is 10.9 Å². The van der Waals surface area contributed by atoms with Gasteiger partial charge in [0.1, 0.15) is 5.54 Å². The number of thiol groups is 1. The highest BCUT2D eigenvalue weighted by atomic mass is 35.5. The van der Waals surface area contributed by atoms with Crippen LogP contribution in [-0.4, -0.2) is 38.4 Å². The predicted octanol–water partition coefficient (Wildman–Crippen LogP) is 3.70. The van der Waals surface area contributed by atoms with Gasteiger partial charge in [-0.05, 0) is 42.3 Å². The Morgan fingerprint density at radius 2 is 1.90 bits per heavy atom. The van der Waals surface area contributed by atoms with E-state index in [9.17, 15) is 13.2 Å². The molecular weight excluding hydrogens is 461 g/mol. The Labute approximate surface area is 192 Å². The number of anilines is 1. The molecule has 1 amide bonds. The summed E-state index contributed by atoms with van der Waals surface area (Å²) in [6, 6.07) is 14.4. The van der Waals surface area contributed by atoms with Crippen molar-refractivity contribution >= 4 is 56.7 Å². The zero-order valence-corrected chi connectivity index (χ0v) is 19.5. The lowest BCUT2D eigenvalue weighted by atomic mass is 9.85. The number of alkyl halides is 1. The Morgan fingerprint density at radius 3 is 2.52 bits per heavy atom. The van der Waals surface area contributed by atoms with Crippen molar-refractivity contribution in [3.05, 3.63) is 65.3 Å². The number of hydrogen-bond donors (Lipinski definition) is 2. The van der Waals surface area contributed by atoms with Crippen molar-refractivity contribution in [1.82, 2.24) is 9.88 Å². The van der Waals surface area contributed by atoms with Crippen LogP contribution in [0.3, 0.4) is 0 Å². The van der Waals surface area contributed by atoms with Gasteiger partial charge in [-0.3, -0.25) is 4.79 Å². The third kappa shape index (κ3) is 4.52. The van der Waals surface area contributed by atoms with Gasteiger partial charge in [-0.15, -0.1) is 11.6 Å². The lowest BCUT2D eigenvalue weighted by molar-refractivity contribution is -0.127. The molecule has 1 unspecified atom stereocenters. The third-order valence-corrected chi connectivity index (χ3v) is 6.06. The zero-order valence-electron chi connectivity index (χ0n) is 17.0. The first-order chi connectivity index (χ1) is 14.8. The van der Waals surface area contributed by atoms with Gasteiger partial charge < -0.3 is 9.88 Å². The second-order valence-electron chi connectivity index (χ2n) is 6.86. The minimum atomic E-state index is -3.06. The van der Waals surface area contributed by atoms with E-state index >= 15 is 0 Å². The summed E-state index contributed by atoms with van der Waals surface area (Å²) in [5.41, 5.74) is 0.992. The van der Waals surface area contributed by atoms with E-state index in [4.69, 9.17) is 27.5 Å². The summed E-state index contributed by atoms with van der Waals surface area (Å²) in [7, 11) is -1.55. The fourth-order valence-electron chi connectivity index (χ4n) is 3.85. The van der Waals surface area contributed by atoms with Crippen LogP contribution < -0.4 is 10.4 Å². The van der Waals surface area contributed by atoms with Crippen molar-refractivity contribution in [3.63, 3.8) is 0 Å². The number of benzene rings is 2. The molecule has 1 aromatic heterocycles. The van der Waals surface area contributed by atoms with Gasteiger partial charge in [-0.25, -0.2) is 13.5 Å². The molecule has 0 aliphatic rings. The smallest absolute Gasteiger partial charge is 0.277 e. The molecule has 166 valence electrons. The number of rotatable bonds is 9. The molecule has 0 spiro atoms. The number of fused-ring (bicyclic) bond motifs is 1. The van der Waals surface area contributed by atoms with Gasteiger partial charge >= 0.3 is 0 Å². The van der Waals surface area contributed by atoms with Crippen molar-refractivity contribution in [2.24, 2.45) is 0 Å². The maximum Gasteiger partial charge on any atom is 0.277 e. The van der Waals surface area contributed by atoms with Crippen LogP contribution >= 0.6 is 23.2 Å². The van der Waals surface area contributed by atoms with Crippen LogP contribution in [0.2, 0.25) is 5.02 Å². The summed E-state index contributed by atoms with van der Waals surface area (Å²) >= 11 is 11.9. The monoisotopic (exact) mass is 483 g/mol. The largest absolute Gasteiger partial charge is 0.353 e. The summed E-state index contributed by atoms with van der Waals surface area (Å²) in [5.74, 6) is 0.0891. The molecule has 0 radical (unpaired) electrons. The quantitative estimate of drug-likeness (QED) is 0.275. The van der Waals surface area contributed by atoms with Crippen LogP contribution in [0.15, 0.2) is 54.7 Å². The molecule has 7 nitrogen and oxygen atoms in total. The molecule has 2 aromatic carbocycles. The number of halogens is 2. The average molecular weight is 484 g/mol. The van der Waals surface area contributed by atoms with Crippen LogP contribution in [0.4, 0.5) is 5.69 Å². The molecule has 0 fully saturated rings. The lowest BCUT2D eigenvalue weighted by Gasteiger charge is -2.35. The van der Waals surface area contributed by atoms with Gasteiger partial charge in [-0.2, -0.15) is 4.28 Å². The van der Waals surface area contributed by atoms with E-state index in [2.05, 4.69) is 5.32 Å². The van der Waals surface area contributed by atoms with Crippen molar-refractivity contribution in [2.75, 3.05) is 24.5 Å². The highest BCUT2D eigenvalue weighted by Crippen LogP contribution is 2.37. The molecule has 1 heterocycles. The number of hydroxylamine groups is 1. The van der Waals surface area contributed by atoms with E-state index in [-0.39, 0.29) is 11.8 Å². The molecule has 0 aliphatic heterocycles. The summed E-state index contributed by atoms with van der Waals surface area (Å²) in [6.07, 6.45) is 2.27. The maximum atomic E-state index is 13.5. The Hall–Kier alpha value is -2.26. The maximum absolute atomic E-state index is 13.5. The van der Waals surface area contributed by atoms with Crippen LogP contribution in [0.1, 0.15) is 18.9 Å². The Morgan fingerprint density at radius 1 is 1.19 bits per heavy atom. The van der Waals surface area contributed by atoms with Crippen LogP contribution in [-0.2, 0) is 25.6 Å². The normalized spacial score (nSPS) is 13.3. The highest BCUT2D eigenvalue weighted by Gasteiger charge is 2.41. The summed E-state index contributed by atoms with van der Waals surface area (Å²) in [4.78, 5) is 13.5. The fourth-order valence-corrected chi connectivity index (χ4v) is 4.36. The first-order valence-corrected chi connectivity index (χ1v) is 11.6. The van der Waals surface area contributed by atoms with E-state index < -0.39 is 16.5 Å². The SMILES string of the molecule is CCC(C(=O)NCCCl)(c1ccc(Cl)cc1)n1ccc2c(N(C)O[SH](=O)=O)cccc21. The van der Waals surface area contributed by atoms with Gasteiger partial charge in [0.25, 0.3) is 16.9 Å². The molecular formula is C21H23Cl2N3O4S. The molecule has 0 aliphatic carbocycles. The third-order valence-electron chi connectivity index (χ3n) is 5.24. The van der Waals surface area contributed by atoms with Crippen LogP contribution in [0, 0.1) is 0 Å². The molecule has 3 rings (SSSR count). The topological polar surface area (TPSA) is 80.6 Å². The number of hydrogen-bond acceptors (Lipinski definition) is 5. The first kappa shape index (κ1) is 23.4. The van der Waals surface area contributed by atoms with Gasteiger partial charge in [0.2, 0.25) is 0 Å². The van der Waals surface area contributed by atoms with E-state index in [1.165, 1.54) is 12.1 Å². The Balaban J connectivity index is 2.24. The molecule has 0 saturated heterocycles. The number of aromatic nitrogens is 1. The van der Waals surface area contributed by atoms with E-state index in [1.54, 1.807) is 24.3 Å². The van der Waals surface area contributed by atoms with E-state index in [1.807, 2.05) is 42.0 Å². The number of carbonyl (C=O) groups is 1. The number of carbonyl (C=O) groups excluding carboxylic acids is 1. The van der Waals surface area contributed by atoms with Gasteiger partial charge in [0.05, 0.1) is 11.2 Å². The van der Waals surface area contributed by atoms with Crippen LogP contribution in [0.5, 0.6) is 0 Å². The van der Waals surface area contributed by atoms with Crippen molar-refractivity contribution in [1.29, 1.82) is 0 Å². The second kappa shape index (κ2) is 9.91. The minimum Gasteiger partial charge on any atom is -0.353 e. The minimum absolute atomic E-state index is 0.201.